The Hall–Kier alpha value is -2.37. The third-order valence-electron chi connectivity index (χ3n) is 9.64. The molecule has 34 heavy (non-hydrogen) atoms. The van der Waals surface area contributed by atoms with Gasteiger partial charge in [0.25, 0.3) is 0 Å². The molecule has 3 atom stereocenters. The van der Waals surface area contributed by atoms with Crippen molar-refractivity contribution in [2.24, 2.45) is 29.6 Å². The number of hydrogen-bond donors (Lipinski definition) is 2. The Balaban J connectivity index is 1.30. The standard InChI is InChI=1S/C28H36N2O4/c31-25(29-28-14-17-11-18(15-28)13-19(12-17)16-28)24-21-6-2-1-5-20(21)9-10-30(24)26(32)22-7-3-4-8-23(22)27(33)34/h1-2,5-6,17-19,22-24H,3-4,7-16H2,(H,29,31)(H,33,34)/t17?,18?,19?,22?,23?,24-,28?/m0/s1. The molecule has 0 aromatic heterocycles. The molecule has 7 rings (SSSR count). The molecule has 6 aliphatic rings. The van der Waals surface area contributed by atoms with Crippen LogP contribution in [0.15, 0.2) is 24.3 Å². The highest BCUT2D eigenvalue weighted by Gasteiger charge is 2.53. The van der Waals surface area contributed by atoms with Crippen molar-refractivity contribution in [2.75, 3.05) is 6.54 Å². The smallest absolute Gasteiger partial charge is 0.307 e. The molecular formula is C28H36N2O4. The van der Waals surface area contributed by atoms with Gasteiger partial charge in [-0.05, 0) is 86.7 Å². The number of carbonyl (C=O) groups is 3. The van der Waals surface area contributed by atoms with Crippen LogP contribution in [0, 0.1) is 29.6 Å². The van der Waals surface area contributed by atoms with Crippen LogP contribution >= 0.6 is 0 Å². The SMILES string of the molecule is O=C(O)C1CCCCC1C(=O)N1CCc2ccccc2[C@H]1C(=O)NC12CC3CC(CC(C3)C1)C2. The number of hydrogen-bond acceptors (Lipinski definition) is 3. The minimum atomic E-state index is -0.884. The van der Waals surface area contributed by atoms with E-state index in [0.717, 1.165) is 61.0 Å². The minimum Gasteiger partial charge on any atom is -0.481 e. The van der Waals surface area contributed by atoms with E-state index in [1.165, 1.54) is 19.3 Å². The van der Waals surface area contributed by atoms with E-state index in [0.29, 0.717) is 25.8 Å². The van der Waals surface area contributed by atoms with Crippen molar-refractivity contribution in [1.82, 2.24) is 10.2 Å². The summed E-state index contributed by atoms with van der Waals surface area (Å²) in [5.41, 5.74) is 1.91. The first-order chi connectivity index (χ1) is 16.4. The molecule has 1 aliphatic heterocycles. The van der Waals surface area contributed by atoms with Gasteiger partial charge in [-0.1, -0.05) is 37.1 Å². The fourth-order valence-corrected chi connectivity index (χ4v) is 8.62. The number of benzene rings is 1. The first-order valence-corrected chi connectivity index (χ1v) is 13.4. The summed E-state index contributed by atoms with van der Waals surface area (Å²) in [6.07, 6.45) is 10.7. The molecule has 2 amide bonds. The summed E-state index contributed by atoms with van der Waals surface area (Å²) in [5.74, 6) is -0.108. The number of rotatable bonds is 4. The molecule has 0 spiro atoms. The summed E-state index contributed by atoms with van der Waals surface area (Å²) in [7, 11) is 0. The van der Waals surface area contributed by atoms with Gasteiger partial charge in [-0.25, -0.2) is 0 Å². The van der Waals surface area contributed by atoms with E-state index in [2.05, 4.69) is 11.4 Å². The first-order valence-electron chi connectivity index (χ1n) is 13.4. The Morgan fingerprint density at radius 1 is 0.912 bits per heavy atom. The number of nitrogens with zero attached hydrogens (tertiary/aromatic N) is 1. The Morgan fingerprint density at radius 2 is 1.53 bits per heavy atom. The Labute approximate surface area is 201 Å². The fraction of sp³-hybridized carbons (Fsp3) is 0.679. The zero-order valence-corrected chi connectivity index (χ0v) is 19.9. The molecule has 1 heterocycles. The van der Waals surface area contributed by atoms with Crippen LogP contribution < -0.4 is 5.32 Å². The molecule has 5 fully saturated rings. The highest BCUT2D eigenvalue weighted by atomic mass is 16.4. The van der Waals surface area contributed by atoms with Crippen LogP contribution in [-0.4, -0.2) is 39.9 Å². The molecule has 182 valence electrons. The average molecular weight is 465 g/mol. The van der Waals surface area contributed by atoms with Gasteiger partial charge in [0.2, 0.25) is 11.8 Å². The number of nitrogens with one attached hydrogen (secondary N) is 1. The van der Waals surface area contributed by atoms with Crippen LogP contribution in [0.3, 0.4) is 0 Å². The van der Waals surface area contributed by atoms with Gasteiger partial charge in [-0.2, -0.15) is 0 Å². The van der Waals surface area contributed by atoms with E-state index in [9.17, 15) is 19.5 Å². The van der Waals surface area contributed by atoms with Crippen LogP contribution in [0.4, 0.5) is 0 Å². The van der Waals surface area contributed by atoms with Crippen LogP contribution in [0.2, 0.25) is 0 Å². The number of carboxylic acids is 1. The maximum Gasteiger partial charge on any atom is 0.307 e. The van der Waals surface area contributed by atoms with E-state index in [1.54, 1.807) is 4.90 Å². The lowest BCUT2D eigenvalue weighted by Crippen LogP contribution is -2.62. The molecule has 0 saturated heterocycles. The summed E-state index contributed by atoms with van der Waals surface area (Å²) >= 11 is 0. The highest BCUT2D eigenvalue weighted by Crippen LogP contribution is 2.55. The van der Waals surface area contributed by atoms with Gasteiger partial charge in [0.15, 0.2) is 0 Å². The van der Waals surface area contributed by atoms with Gasteiger partial charge in [0.1, 0.15) is 6.04 Å². The van der Waals surface area contributed by atoms with Gasteiger partial charge in [0.05, 0.1) is 11.8 Å². The number of carbonyl (C=O) groups excluding carboxylic acids is 2. The lowest BCUT2D eigenvalue weighted by molar-refractivity contribution is -0.155. The molecule has 6 nitrogen and oxygen atoms in total. The van der Waals surface area contributed by atoms with E-state index < -0.39 is 23.8 Å². The van der Waals surface area contributed by atoms with Crippen molar-refractivity contribution >= 4 is 17.8 Å². The second-order valence-electron chi connectivity index (χ2n) is 11.9. The summed E-state index contributed by atoms with van der Waals surface area (Å²) in [6, 6.07) is 7.31. The lowest BCUT2D eigenvalue weighted by atomic mass is 9.53. The molecule has 1 aromatic carbocycles. The quantitative estimate of drug-likeness (QED) is 0.703. The number of fused-ring (bicyclic) bond motifs is 1. The normalized spacial score (nSPS) is 38.3. The van der Waals surface area contributed by atoms with Gasteiger partial charge in [0, 0.05) is 12.1 Å². The monoisotopic (exact) mass is 464 g/mol. The second kappa shape index (κ2) is 8.39. The summed E-state index contributed by atoms with van der Waals surface area (Å²) in [4.78, 5) is 41.5. The Bertz CT molecular complexity index is 969. The summed E-state index contributed by atoms with van der Waals surface area (Å²) < 4.78 is 0. The van der Waals surface area contributed by atoms with E-state index >= 15 is 0 Å². The maximum atomic E-state index is 14.0. The zero-order valence-electron chi connectivity index (χ0n) is 19.9. The molecule has 2 unspecified atom stereocenters. The largest absolute Gasteiger partial charge is 0.481 e. The van der Waals surface area contributed by atoms with E-state index in [1.807, 2.05) is 18.2 Å². The summed E-state index contributed by atoms with van der Waals surface area (Å²) in [5, 5.41) is 13.3. The van der Waals surface area contributed by atoms with Gasteiger partial charge < -0.3 is 15.3 Å². The van der Waals surface area contributed by atoms with Crippen molar-refractivity contribution in [2.45, 2.75) is 82.2 Å². The zero-order chi connectivity index (χ0) is 23.4. The van der Waals surface area contributed by atoms with Crippen LogP contribution in [0.5, 0.6) is 0 Å². The Kier molecular flexibility index (Phi) is 5.45. The molecule has 5 saturated carbocycles. The molecule has 6 heteroatoms. The first kappa shape index (κ1) is 22.1. The fourth-order valence-electron chi connectivity index (χ4n) is 8.62. The van der Waals surface area contributed by atoms with Gasteiger partial charge >= 0.3 is 5.97 Å². The van der Waals surface area contributed by atoms with Gasteiger partial charge in [-0.3, -0.25) is 14.4 Å². The molecule has 0 radical (unpaired) electrons. The maximum absolute atomic E-state index is 14.0. The highest BCUT2D eigenvalue weighted by molar-refractivity contribution is 5.92. The van der Waals surface area contributed by atoms with Crippen molar-refractivity contribution in [3.05, 3.63) is 35.4 Å². The Morgan fingerprint density at radius 3 is 2.18 bits per heavy atom. The van der Waals surface area contributed by atoms with Crippen LogP contribution in [-0.2, 0) is 20.8 Å². The van der Waals surface area contributed by atoms with Crippen LogP contribution in [0.1, 0.15) is 81.4 Å². The number of amides is 2. The van der Waals surface area contributed by atoms with E-state index in [4.69, 9.17) is 0 Å². The van der Waals surface area contributed by atoms with Crippen molar-refractivity contribution < 1.29 is 19.5 Å². The third-order valence-corrected chi connectivity index (χ3v) is 9.64. The second-order valence-corrected chi connectivity index (χ2v) is 11.9. The van der Waals surface area contributed by atoms with Crippen molar-refractivity contribution in [3.63, 3.8) is 0 Å². The molecule has 4 bridgehead atoms. The lowest BCUT2D eigenvalue weighted by Gasteiger charge is -2.57. The van der Waals surface area contributed by atoms with Crippen LogP contribution in [0.25, 0.3) is 0 Å². The molecule has 2 N–H and O–H groups in total. The topological polar surface area (TPSA) is 86.7 Å². The third kappa shape index (κ3) is 3.74. The predicted octanol–water partition coefficient (Wildman–Crippen LogP) is 4.09. The van der Waals surface area contributed by atoms with Crippen molar-refractivity contribution in [3.8, 4) is 0 Å². The molecule has 5 aliphatic carbocycles. The summed E-state index contributed by atoms with van der Waals surface area (Å²) in [6.45, 7) is 0.470. The van der Waals surface area contributed by atoms with Crippen molar-refractivity contribution in [1.29, 1.82) is 0 Å². The minimum absolute atomic E-state index is 0.0647. The van der Waals surface area contributed by atoms with E-state index in [-0.39, 0.29) is 17.4 Å². The predicted molar refractivity (Wildman–Crippen MR) is 127 cm³/mol. The number of aliphatic carboxylic acids is 1. The number of carboxylic acid groups (broad SMARTS) is 1. The van der Waals surface area contributed by atoms with Gasteiger partial charge in [-0.15, -0.1) is 0 Å². The average Bonchev–Trinajstić information content (AvgIpc) is 2.81. The molecular weight excluding hydrogens is 428 g/mol. The molecule has 1 aromatic rings.